The summed E-state index contributed by atoms with van der Waals surface area (Å²) in [5.41, 5.74) is 1.33. The molecule has 1 N–H and O–H groups in total. The van der Waals surface area contributed by atoms with Gasteiger partial charge in [-0.25, -0.2) is 0 Å². The average molecular weight is 277 g/mol. The molecule has 1 aromatic carbocycles. The van der Waals surface area contributed by atoms with Crippen LogP contribution < -0.4 is 10.1 Å². The lowest BCUT2D eigenvalue weighted by molar-refractivity contribution is 0.0880. The van der Waals surface area contributed by atoms with Crippen molar-refractivity contribution in [1.82, 2.24) is 15.1 Å². The van der Waals surface area contributed by atoms with E-state index in [4.69, 9.17) is 4.74 Å². The molecule has 0 saturated carbocycles. The number of nitrogens with one attached hydrogen (secondary N) is 1. The van der Waals surface area contributed by atoms with Gasteiger partial charge >= 0.3 is 0 Å². The predicted octanol–water partition coefficient (Wildman–Crippen LogP) is 1.59. The Bertz CT molecular complexity index is 407. The first-order valence-electron chi connectivity index (χ1n) is 7.41. The Morgan fingerprint density at radius 3 is 2.55 bits per heavy atom. The summed E-state index contributed by atoms with van der Waals surface area (Å²) < 4.78 is 5.25. The molecule has 4 heteroatoms. The minimum absolute atomic E-state index is 0.360. The average Bonchev–Trinajstić information content (AvgIpc) is 2.48. The lowest BCUT2D eigenvalue weighted by Gasteiger charge is -2.42. The first-order chi connectivity index (χ1) is 9.65. The standard InChI is InChI=1S/C16H27N3O/c1-5-17-16(13-6-8-14(20-4)9-7-13)15-12-18(2)10-11-19(15)3/h6-9,15-17H,5,10-12H2,1-4H3. The lowest BCUT2D eigenvalue weighted by atomic mass is 9.96. The van der Waals surface area contributed by atoms with E-state index in [0.717, 1.165) is 31.9 Å². The van der Waals surface area contributed by atoms with Crippen LogP contribution in [0.1, 0.15) is 18.5 Å². The maximum absolute atomic E-state index is 5.25. The van der Waals surface area contributed by atoms with E-state index in [2.05, 4.69) is 48.3 Å². The second kappa shape index (κ2) is 7.07. The van der Waals surface area contributed by atoms with Gasteiger partial charge < -0.3 is 15.0 Å². The van der Waals surface area contributed by atoms with Crippen LogP contribution in [0.3, 0.4) is 0 Å². The summed E-state index contributed by atoms with van der Waals surface area (Å²) in [6, 6.07) is 9.31. The summed E-state index contributed by atoms with van der Waals surface area (Å²) in [5, 5.41) is 3.65. The zero-order valence-electron chi connectivity index (χ0n) is 13.1. The van der Waals surface area contributed by atoms with E-state index in [1.54, 1.807) is 7.11 Å². The van der Waals surface area contributed by atoms with E-state index in [1.165, 1.54) is 5.56 Å². The van der Waals surface area contributed by atoms with Gasteiger partial charge in [-0.05, 0) is 38.3 Å². The van der Waals surface area contributed by atoms with Gasteiger partial charge in [0.1, 0.15) is 5.75 Å². The number of nitrogens with zero attached hydrogens (tertiary/aromatic N) is 2. The van der Waals surface area contributed by atoms with Crippen LogP contribution in [0, 0.1) is 0 Å². The van der Waals surface area contributed by atoms with Crippen LogP contribution in [-0.4, -0.2) is 63.2 Å². The predicted molar refractivity (Wildman–Crippen MR) is 83.3 cm³/mol. The molecule has 4 nitrogen and oxygen atoms in total. The quantitative estimate of drug-likeness (QED) is 0.884. The van der Waals surface area contributed by atoms with Crippen LogP contribution in [0.25, 0.3) is 0 Å². The first-order valence-corrected chi connectivity index (χ1v) is 7.41. The Morgan fingerprint density at radius 2 is 1.95 bits per heavy atom. The third-order valence-electron chi connectivity index (χ3n) is 4.18. The van der Waals surface area contributed by atoms with Gasteiger partial charge in [0, 0.05) is 31.7 Å². The summed E-state index contributed by atoms with van der Waals surface area (Å²) in [4.78, 5) is 4.89. The van der Waals surface area contributed by atoms with Gasteiger partial charge in [-0.15, -0.1) is 0 Å². The number of hydrogen-bond acceptors (Lipinski definition) is 4. The van der Waals surface area contributed by atoms with E-state index in [-0.39, 0.29) is 0 Å². The Labute approximate surface area is 122 Å². The molecule has 0 spiro atoms. The molecule has 0 aromatic heterocycles. The molecule has 1 fully saturated rings. The van der Waals surface area contributed by atoms with Gasteiger partial charge in [-0.2, -0.15) is 0 Å². The third kappa shape index (κ3) is 3.51. The van der Waals surface area contributed by atoms with Gasteiger partial charge in [-0.1, -0.05) is 19.1 Å². The van der Waals surface area contributed by atoms with Crippen LogP contribution in [-0.2, 0) is 0 Å². The second-order valence-electron chi connectivity index (χ2n) is 5.62. The fraction of sp³-hybridized carbons (Fsp3) is 0.625. The van der Waals surface area contributed by atoms with E-state index in [9.17, 15) is 0 Å². The van der Waals surface area contributed by atoms with E-state index < -0.39 is 0 Å². The van der Waals surface area contributed by atoms with Crippen molar-refractivity contribution in [3.63, 3.8) is 0 Å². The Kier molecular flexibility index (Phi) is 5.40. The molecule has 1 aliphatic rings. The van der Waals surface area contributed by atoms with Crippen molar-refractivity contribution in [3.8, 4) is 5.75 Å². The molecular formula is C16H27N3O. The number of piperazine rings is 1. The van der Waals surface area contributed by atoms with Gasteiger partial charge in [0.05, 0.1) is 7.11 Å². The van der Waals surface area contributed by atoms with Crippen molar-refractivity contribution in [2.45, 2.75) is 19.0 Å². The third-order valence-corrected chi connectivity index (χ3v) is 4.18. The zero-order chi connectivity index (χ0) is 14.5. The minimum Gasteiger partial charge on any atom is -0.497 e. The molecule has 0 bridgehead atoms. The van der Waals surface area contributed by atoms with Crippen molar-refractivity contribution in [3.05, 3.63) is 29.8 Å². The van der Waals surface area contributed by atoms with Crippen molar-refractivity contribution < 1.29 is 4.74 Å². The van der Waals surface area contributed by atoms with Crippen LogP contribution in [0.15, 0.2) is 24.3 Å². The fourth-order valence-electron chi connectivity index (χ4n) is 2.91. The molecule has 20 heavy (non-hydrogen) atoms. The normalized spacial score (nSPS) is 22.7. The Morgan fingerprint density at radius 1 is 1.25 bits per heavy atom. The van der Waals surface area contributed by atoms with Crippen LogP contribution >= 0.6 is 0 Å². The molecule has 1 aliphatic heterocycles. The van der Waals surface area contributed by atoms with E-state index >= 15 is 0 Å². The van der Waals surface area contributed by atoms with Crippen molar-refractivity contribution >= 4 is 0 Å². The molecule has 0 aliphatic carbocycles. The molecule has 1 aromatic rings. The molecule has 0 amide bonds. The maximum atomic E-state index is 5.25. The summed E-state index contributed by atoms with van der Waals surface area (Å²) in [6.07, 6.45) is 0. The maximum Gasteiger partial charge on any atom is 0.118 e. The monoisotopic (exact) mass is 277 g/mol. The van der Waals surface area contributed by atoms with E-state index in [0.29, 0.717) is 12.1 Å². The largest absolute Gasteiger partial charge is 0.497 e. The highest BCUT2D eigenvalue weighted by Crippen LogP contribution is 2.25. The van der Waals surface area contributed by atoms with Crippen LogP contribution in [0.2, 0.25) is 0 Å². The topological polar surface area (TPSA) is 27.7 Å². The van der Waals surface area contributed by atoms with Crippen LogP contribution in [0.5, 0.6) is 5.75 Å². The lowest BCUT2D eigenvalue weighted by Crippen LogP contribution is -2.55. The van der Waals surface area contributed by atoms with E-state index in [1.807, 2.05) is 12.1 Å². The zero-order valence-corrected chi connectivity index (χ0v) is 13.1. The van der Waals surface area contributed by atoms with Crippen LogP contribution in [0.4, 0.5) is 0 Å². The number of ether oxygens (including phenoxy) is 1. The number of methoxy groups -OCH3 is 1. The SMILES string of the molecule is CCNC(c1ccc(OC)cc1)C1CN(C)CCN1C. The van der Waals surface area contributed by atoms with Crippen molar-refractivity contribution in [2.75, 3.05) is 47.4 Å². The fourth-order valence-corrected chi connectivity index (χ4v) is 2.91. The Hall–Kier alpha value is -1.10. The highest BCUT2D eigenvalue weighted by atomic mass is 16.5. The molecule has 2 rings (SSSR count). The molecule has 1 saturated heterocycles. The molecule has 1 heterocycles. The summed E-state index contributed by atoms with van der Waals surface area (Å²) in [6.45, 7) is 6.52. The van der Waals surface area contributed by atoms with Gasteiger partial charge in [0.15, 0.2) is 0 Å². The smallest absolute Gasteiger partial charge is 0.118 e. The first kappa shape index (κ1) is 15.3. The summed E-state index contributed by atoms with van der Waals surface area (Å²) in [5.74, 6) is 0.915. The summed E-state index contributed by atoms with van der Waals surface area (Å²) >= 11 is 0. The van der Waals surface area contributed by atoms with Gasteiger partial charge in [0.25, 0.3) is 0 Å². The number of hydrogen-bond donors (Lipinski definition) is 1. The number of rotatable bonds is 5. The highest BCUT2D eigenvalue weighted by molar-refractivity contribution is 5.30. The molecule has 2 unspecified atom stereocenters. The van der Waals surface area contributed by atoms with Crippen molar-refractivity contribution in [2.24, 2.45) is 0 Å². The number of likely N-dealkylation sites (N-methyl/N-ethyl adjacent to an activating group) is 3. The molecule has 2 atom stereocenters. The van der Waals surface area contributed by atoms with Crippen molar-refractivity contribution in [1.29, 1.82) is 0 Å². The molecule has 112 valence electrons. The second-order valence-corrected chi connectivity index (χ2v) is 5.62. The van der Waals surface area contributed by atoms with Gasteiger partial charge in [0.2, 0.25) is 0 Å². The minimum atomic E-state index is 0.360. The number of benzene rings is 1. The molecule has 0 radical (unpaired) electrons. The molecular weight excluding hydrogens is 250 g/mol. The Balaban J connectivity index is 2.19. The summed E-state index contributed by atoms with van der Waals surface area (Å²) in [7, 11) is 6.14. The van der Waals surface area contributed by atoms with Gasteiger partial charge in [-0.3, -0.25) is 4.90 Å². The highest BCUT2D eigenvalue weighted by Gasteiger charge is 2.30.